The van der Waals surface area contributed by atoms with Gasteiger partial charge in [-0.1, -0.05) is 19.9 Å². The zero-order valence-electron chi connectivity index (χ0n) is 15.1. The van der Waals surface area contributed by atoms with Crippen LogP contribution in [0, 0.1) is 34.5 Å². The van der Waals surface area contributed by atoms with E-state index >= 15 is 0 Å². The van der Waals surface area contributed by atoms with Crippen molar-refractivity contribution < 1.29 is 14.3 Å². The summed E-state index contributed by atoms with van der Waals surface area (Å²) in [6, 6.07) is 0. The molecule has 3 fully saturated rings. The largest absolute Gasteiger partial charge is 0.469 e. The van der Waals surface area contributed by atoms with Gasteiger partial charge in [-0.25, -0.2) is 0 Å². The Morgan fingerprint density at radius 1 is 1.21 bits per heavy atom. The van der Waals surface area contributed by atoms with Crippen LogP contribution in [0.1, 0.15) is 58.8 Å². The van der Waals surface area contributed by atoms with Crippen molar-refractivity contribution in [2.75, 3.05) is 7.11 Å². The first-order valence-electron chi connectivity index (χ1n) is 9.48. The molecule has 2 saturated carbocycles. The fraction of sp³-hybridized carbons (Fsp3) is 0.800. The minimum Gasteiger partial charge on any atom is -0.469 e. The lowest BCUT2D eigenvalue weighted by molar-refractivity contribution is -0.152. The summed E-state index contributed by atoms with van der Waals surface area (Å²) < 4.78 is 5.10. The van der Waals surface area contributed by atoms with E-state index in [1.54, 1.807) is 0 Å². The molecule has 1 amide bonds. The number of nitrogens with one attached hydrogen (secondary N) is 1. The van der Waals surface area contributed by atoms with Gasteiger partial charge in [0.25, 0.3) is 0 Å². The average molecular weight is 331 g/mol. The van der Waals surface area contributed by atoms with Crippen LogP contribution in [0.2, 0.25) is 0 Å². The Morgan fingerprint density at radius 3 is 2.75 bits per heavy atom. The molecule has 4 nitrogen and oxygen atoms in total. The molecule has 6 atom stereocenters. The van der Waals surface area contributed by atoms with Gasteiger partial charge in [0.2, 0.25) is 5.91 Å². The van der Waals surface area contributed by atoms with Crippen LogP contribution < -0.4 is 5.32 Å². The van der Waals surface area contributed by atoms with E-state index in [9.17, 15) is 9.59 Å². The number of rotatable bonds is 1. The molecule has 0 bridgehead atoms. The van der Waals surface area contributed by atoms with Gasteiger partial charge < -0.3 is 10.1 Å². The van der Waals surface area contributed by atoms with Crippen LogP contribution >= 0.6 is 0 Å². The fourth-order valence-corrected chi connectivity index (χ4v) is 6.72. The maximum absolute atomic E-state index is 12.3. The summed E-state index contributed by atoms with van der Waals surface area (Å²) in [5, 5.41) is 3.15. The summed E-state index contributed by atoms with van der Waals surface area (Å²) in [6.45, 7) is 4.68. The van der Waals surface area contributed by atoms with E-state index in [0.29, 0.717) is 24.2 Å². The van der Waals surface area contributed by atoms with Gasteiger partial charge in [0.1, 0.15) is 0 Å². The summed E-state index contributed by atoms with van der Waals surface area (Å²) in [4.78, 5) is 24.1. The number of ether oxygens (including phenoxy) is 1. The van der Waals surface area contributed by atoms with Crippen LogP contribution in [0.25, 0.3) is 0 Å². The first-order valence-corrected chi connectivity index (χ1v) is 9.48. The smallest absolute Gasteiger partial charge is 0.309 e. The van der Waals surface area contributed by atoms with Crippen molar-refractivity contribution in [1.29, 1.82) is 0 Å². The molecule has 1 aliphatic heterocycles. The van der Waals surface area contributed by atoms with E-state index in [4.69, 9.17) is 4.74 Å². The topological polar surface area (TPSA) is 55.4 Å². The number of amides is 1. The van der Waals surface area contributed by atoms with Crippen LogP contribution in [0.3, 0.4) is 0 Å². The van der Waals surface area contributed by atoms with Crippen LogP contribution in [0.4, 0.5) is 0 Å². The van der Waals surface area contributed by atoms with Crippen molar-refractivity contribution in [2.24, 2.45) is 34.5 Å². The number of hydrogen-bond acceptors (Lipinski definition) is 3. The summed E-state index contributed by atoms with van der Waals surface area (Å²) in [5.74, 6) is 2.10. The lowest BCUT2D eigenvalue weighted by Crippen LogP contribution is -2.53. The molecule has 0 aromatic carbocycles. The van der Waals surface area contributed by atoms with E-state index < -0.39 is 0 Å². The Balaban J connectivity index is 1.65. The second-order valence-electron chi connectivity index (χ2n) is 8.89. The van der Waals surface area contributed by atoms with Crippen LogP contribution in [-0.4, -0.2) is 19.0 Å². The maximum Gasteiger partial charge on any atom is 0.309 e. The number of hydrogen-bond donors (Lipinski definition) is 1. The SMILES string of the molecule is COC(=O)C1CC[C@H]2C3CC=C4NC(=O)CC[C@]4(C)C3CC[C@]12C. The zero-order chi connectivity index (χ0) is 17.1. The number of methoxy groups -OCH3 is 1. The summed E-state index contributed by atoms with van der Waals surface area (Å²) >= 11 is 0. The zero-order valence-corrected chi connectivity index (χ0v) is 15.1. The Hall–Kier alpha value is -1.32. The Bertz CT molecular complexity index is 612. The van der Waals surface area contributed by atoms with Gasteiger partial charge in [-0.2, -0.15) is 0 Å². The van der Waals surface area contributed by atoms with Gasteiger partial charge in [-0.15, -0.1) is 0 Å². The molecule has 4 rings (SSSR count). The highest BCUT2D eigenvalue weighted by Gasteiger charge is 2.60. The third kappa shape index (κ3) is 2.04. The molecule has 1 heterocycles. The molecule has 0 aromatic rings. The van der Waals surface area contributed by atoms with Crippen molar-refractivity contribution in [3.63, 3.8) is 0 Å². The average Bonchev–Trinajstić information content (AvgIpc) is 2.92. The van der Waals surface area contributed by atoms with Crippen LogP contribution in [0.5, 0.6) is 0 Å². The second kappa shape index (κ2) is 5.34. The van der Waals surface area contributed by atoms with Gasteiger partial charge in [0.15, 0.2) is 0 Å². The molecule has 4 heteroatoms. The lowest BCUT2D eigenvalue weighted by atomic mass is 9.49. The normalized spacial score (nSPS) is 47.0. The molecule has 132 valence electrons. The molecule has 0 spiro atoms. The highest BCUT2D eigenvalue weighted by atomic mass is 16.5. The molecule has 3 aliphatic carbocycles. The van der Waals surface area contributed by atoms with E-state index in [-0.39, 0.29) is 28.6 Å². The molecule has 3 unspecified atom stereocenters. The number of carbonyl (C=O) groups is 2. The second-order valence-corrected chi connectivity index (χ2v) is 8.89. The van der Waals surface area contributed by atoms with Gasteiger partial charge in [0.05, 0.1) is 13.0 Å². The van der Waals surface area contributed by atoms with Gasteiger partial charge >= 0.3 is 5.97 Å². The summed E-state index contributed by atoms with van der Waals surface area (Å²) in [5.41, 5.74) is 1.38. The predicted octanol–water partition coefficient (Wildman–Crippen LogP) is 3.42. The van der Waals surface area contributed by atoms with Gasteiger partial charge in [-0.05, 0) is 61.7 Å². The van der Waals surface area contributed by atoms with Crippen molar-refractivity contribution in [3.05, 3.63) is 11.8 Å². The van der Waals surface area contributed by atoms with E-state index in [0.717, 1.165) is 38.5 Å². The third-order valence-corrected chi connectivity index (χ3v) is 8.10. The highest BCUT2D eigenvalue weighted by Crippen LogP contribution is 2.65. The number of carbonyl (C=O) groups excluding carboxylic acids is 2. The van der Waals surface area contributed by atoms with Crippen LogP contribution in [0.15, 0.2) is 11.8 Å². The van der Waals surface area contributed by atoms with Crippen molar-refractivity contribution >= 4 is 11.9 Å². The molecule has 0 aromatic heterocycles. The standard InChI is InChI=1S/C20H29NO3/c1-19-10-8-14-12(13(19)5-6-15(19)18(23)24-3)4-7-16-20(14,2)11-9-17(22)21-16/h7,12-15H,4-6,8-11H2,1-3H3,(H,21,22)/t12?,13-,14?,15?,19-,20+/m0/s1. The number of fused-ring (bicyclic) bond motifs is 5. The Kier molecular flexibility index (Phi) is 3.59. The highest BCUT2D eigenvalue weighted by molar-refractivity contribution is 5.79. The quantitative estimate of drug-likeness (QED) is 0.749. The minimum atomic E-state index is -0.0124. The fourth-order valence-electron chi connectivity index (χ4n) is 6.72. The predicted molar refractivity (Wildman–Crippen MR) is 90.7 cm³/mol. The summed E-state index contributed by atoms with van der Waals surface area (Å²) in [7, 11) is 1.52. The van der Waals surface area contributed by atoms with Crippen LogP contribution in [-0.2, 0) is 14.3 Å². The molecular formula is C20H29NO3. The van der Waals surface area contributed by atoms with E-state index in [2.05, 4.69) is 25.2 Å². The number of esters is 1. The Morgan fingerprint density at radius 2 is 2.00 bits per heavy atom. The first kappa shape index (κ1) is 16.2. The minimum absolute atomic E-state index is 0.0124. The van der Waals surface area contributed by atoms with Crippen molar-refractivity contribution in [2.45, 2.75) is 58.8 Å². The number of piperidine rings is 1. The molecule has 1 N–H and O–H groups in total. The molecule has 0 radical (unpaired) electrons. The van der Waals surface area contributed by atoms with Gasteiger partial charge in [-0.3, -0.25) is 9.59 Å². The monoisotopic (exact) mass is 331 g/mol. The van der Waals surface area contributed by atoms with E-state index in [1.165, 1.54) is 12.8 Å². The molecular weight excluding hydrogens is 302 g/mol. The first-order chi connectivity index (χ1) is 11.4. The molecule has 24 heavy (non-hydrogen) atoms. The van der Waals surface area contributed by atoms with Crippen molar-refractivity contribution in [1.82, 2.24) is 5.32 Å². The summed E-state index contributed by atoms with van der Waals surface area (Å²) in [6.07, 6.45) is 9.33. The lowest BCUT2D eigenvalue weighted by Gasteiger charge is -2.57. The molecule has 1 saturated heterocycles. The maximum atomic E-state index is 12.3. The number of allylic oxidation sites excluding steroid dienone is 2. The van der Waals surface area contributed by atoms with Gasteiger partial charge in [0, 0.05) is 17.5 Å². The molecule has 4 aliphatic rings. The Labute approximate surface area is 144 Å². The van der Waals surface area contributed by atoms with E-state index in [1.807, 2.05) is 0 Å². The van der Waals surface area contributed by atoms with Crippen molar-refractivity contribution in [3.8, 4) is 0 Å². The third-order valence-electron chi connectivity index (χ3n) is 8.10.